The molecule has 11 heteroatoms. The number of nitrogens with zero attached hydrogens (tertiary/aromatic N) is 3. The average molecular weight is 586 g/mol. The molecular formula is C32H35N5O6. The van der Waals surface area contributed by atoms with Gasteiger partial charge in [-0.2, -0.15) is 0 Å². The first-order valence-corrected chi connectivity index (χ1v) is 14.2. The summed E-state index contributed by atoms with van der Waals surface area (Å²) in [5.41, 5.74) is 2.15. The van der Waals surface area contributed by atoms with E-state index in [2.05, 4.69) is 20.6 Å². The fraction of sp³-hybridized carbons (Fsp3) is 0.344. The predicted molar refractivity (Wildman–Crippen MR) is 160 cm³/mol. The van der Waals surface area contributed by atoms with Gasteiger partial charge in [-0.3, -0.25) is 14.4 Å². The van der Waals surface area contributed by atoms with E-state index in [1.54, 1.807) is 32.2 Å². The second-order valence-electron chi connectivity index (χ2n) is 10.7. The van der Waals surface area contributed by atoms with Gasteiger partial charge in [0.2, 0.25) is 17.7 Å². The van der Waals surface area contributed by atoms with Crippen molar-refractivity contribution in [1.29, 1.82) is 0 Å². The van der Waals surface area contributed by atoms with Gasteiger partial charge in [0.25, 0.3) is 5.91 Å². The van der Waals surface area contributed by atoms with Crippen LogP contribution >= 0.6 is 0 Å². The van der Waals surface area contributed by atoms with Crippen LogP contribution in [0.4, 0.5) is 0 Å². The first-order chi connectivity index (χ1) is 20.7. The number of nitrogens with one attached hydrogen (secondary N) is 2. The van der Waals surface area contributed by atoms with E-state index in [0.29, 0.717) is 46.3 Å². The van der Waals surface area contributed by atoms with Crippen molar-refractivity contribution in [3.8, 4) is 23.0 Å². The molecule has 3 amide bonds. The number of amides is 3. The molecule has 43 heavy (non-hydrogen) atoms. The molecule has 0 saturated carbocycles. The number of hydrogen-bond acceptors (Lipinski definition) is 8. The Labute approximate surface area is 249 Å². The Hall–Kier alpha value is -4.93. The van der Waals surface area contributed by atoms with Crippen molar-refractivity contribution in [3.05, 3.63) is 71.7 Å². The molecule has 2 N–H and O–H groups in total. The Balaban J connectivity index is 1.45. The highest BCUT2D eigenvalue weighted by molar-refractivity contribution is 5.97. The van der Waals surface area contributed by atoms with Crippen molar-refractivity contribution in [2.24, 2.45) is 5.92 Å². The second kappa shape index (κ2) is 12.9. The summed E-state index contributed by atoms with van der Waals surface area (Å²) in [6.07, 6.45) is 0.413. The topological polar surface area (TPSA) is 136 Å². The normalized spacial score (nSPS) is 16.6. The maximum Gasteiger partial charge on any atom is 0.272 e. The molecule has 1 aliphatic heterocycles. The van der Waals surface area contributed by atoms with Crippen LogP contribution in [0, 0.1) is 12.8 Å². The lowest BCUT2D eigenvalue weighted by Crippen LogP contribution is -2.52. The van der Waals surface area contributed by atoms with Crippen LogP contribution in [0.15, 0.2) is 59.0 Å². The van der Waals surface area contributed by atoms with Crippen LogP contribution in [-0.4, -0.2) is 65.4 Å². The van der Waals surface area contributed by atoms with Gasteiger partial charge in [-0.15, -0.1) is 0 Å². The molecule has 5 rings (SSSR count). The molecule has 0 fully saturated rings. The van der Waals surface area contributed by atoms with E-state index in [0.717, 1.165) is 5.39 Å². The number of aromatic nitrogens is 2. The van der Waals surface area contributed by atoms with Crippen LogP contribution in [0.5, 0.6) is 11.5 Å². The summed E-state index contributed by atoms with van der Waals surface area (Å²) in [5.74, 6) is 0.536. The number of rotatable bonds is 3. The zero-order valence-corrected chi connectivity index (χ0v) is 24.7. The highest BCUT2D eigenvalue weighted by Crippen LogP contribution is 2.33. The van der Waals surface area contributed by atoms with Crippen LogP contribution < -0.4 is 20.1 Å². The lowest BCUT2D eigenvalue weighted by molar-refractivity contribution is -0.130. The van der Waals surface area contributed by atoms with Gasteiger partial charge in [0.15, 0.2) is 11.5 Å². The van der Waals surface area contributed by atoms with Crippen molar-refractivity contribution < 1.29 is 28.3 Å². The summed E-state index contributed by atoms with van der Waals surface area (Å²) in [6.45, 7) is 5.78. The van der Waals surface area contributed by atoms with Crippen molar-refractivity contribution in [2.45, 2.75) is 39.8 Å². The van der Waals surface area contributed by atoms with E-state index in [1.807, 2.05) is 50.2 Å². The molecule has 0 spiro atoms. The van der Waals surface area contributed by atoms with Gasteiger partial charge in [-0.1, -0.05) is 38.1 Å². The molecule has 11 nitrogen and oxygen atoms in total. The minimum Gasteiger partial charge on any atom is -0.493 e. The number of carbonyl (C=O) groups is 3. The fourth-order valence-electron chi connectivity index (χ4n) is 4.88. The summed E-state index contributed by atoms with van der Waals surface area (Å²) in [4.78, 5) is 50.7. The molecule has 0 aliphatic carbocycles. The molecule has 0 unspecified atom stereocenters. The summed E-state index contributed by atoms with van der Waals surface area (Å²) in [5, 5.41) is 6.58. The van der Waals surface area contributed by atoms with Gasteiger partial charge in [0.1, 0.15) is 23.2 Å². The van der Waals surface area contributed by atoms with Crippen LogP contribution in [-0.2, 0) is 16.1 Å². The van der Waals surface area contributed by atoms with Crippen LogP contribution in [0.3, 0.4) is 0 Å². The van der Waals surface area contributed by atoms with Crippen LogP contribution in [0.1, 0.15) is 42.2 Å². The highest BCUT2D eigenvalue weighted by Gasteiger charge is 2.27. The zero-order valence-electron chi connectivity index (χ0n) is 24.7. The number of carbonyl (C=O) groups excluding carboxylic acids is 3. The third kappa shape index (κ3) is 6.77. The predicted octanol–water partition coefficient (Wildman–Crippen LogP) is 3.89. The average Bonchev–Trinajstić information content (AvgIpc) is 3.38. The number of para-hydroxylation sites is 1. The minimum atomic E-state index is -0.818. The van der Waals surface area contributed by atoms with E-state index in [9.17, 15) is 14.4 Å². The fourth-order valence-corrected chi connectivity index (χ4v) is 4.88. The Kier molecular flexibility index (Phi) is 8.89. The zero-order chi connectivity index (χ0) is 30.5. The summed E-state index contributed by atoms with van der Waals surface area (Å²) in [6, 6.07) is 15.5. The minimum absolute atomic E-state index is 0.116. The lowest BCUT2D eigenvalue weighted by Gasteiger charge is -2.25. The van der Waals surface area contributed by atoms with Crippen molar-refractivity contribution in [1.82, 2.24) is 25.5 Å². The number of benzene rings is 2. The number of fused-ring (bicyclic) bond motifs is 6. The Morgan fingerprint density at radius 3 is 2.70 bits per heavy atom. The molecular weight excluding hydrogens is 550 g/mol. The van der Waals surface area contributed by atoms with Crippen LogP contribution in [0.2, 0.25) is 0 Å². The molecule has 3 heterocycles. The molecule has 1 atom stereocenters. The summed E-state index contributed by atoms with van der Waals surface area (Å²) >= 11 is 0. The van der Waals surface area contributed by atoms with Gasteiger partial charge in [-0.25, -0.2) is 9.97 Å². The monoisotopic (exact) mass is 585 g/mol. The van der Waals surface area contributed by atoms with Gasteiger partial charge in [-0.05, 0) is 49.6 Å². The SMILES string of the molecule is COc1ccc2cc1OCCCN(C(=O)c1ccc3ccccc3n1)CC(=O)N[C@@H](C(C)C)C(=O)NCc1nc-2oc1C. The highest BCUT2D eigenvalue weighted by atomic mass is 16.5. The third-order valence-electron chi connectivity index (χ3n) is 7.27. The second-order valence-corrected chi connectivity index (χ2v) is 10.7. The third-order valence-corrected chi connectivity index (χ3v) is 7.27. The molecule has 4 aromatic rings. The number of oxazole rings is 1. The molecule has 0 saturated heterocycles. The maximum absolute atomic E-state index is 13.7. The first kappa shape index (κ1) is 29.6. The van der Waals surface area contributed by atoms with Crippen LogP contribution in [0.25, 0.3) is 22.4 Å². The molecule has 224 valence electrons. The lowest BCUT2D eigenvalue weighted by atomic mass is 10.0. The van der Waals surface area contributed by atoms with E-state index in [1.165, 1.54) is 4.90 Å². The van der Waals surface area contributed by atoms with Crippen molar-refractivity contribution in [3.63, 3.8) is 0 Å². The Morgan fingerprint density at radius 1 is 1.09 bits per heavy atom. The van der Waals surface area contributed by atoms with Crippen molar-refractivity contribution in [2.75, 3.05) is 26.8 Å². The van der Waals surface area contributed by atoms with E-state index in [4.69, 9.17) is 13.9 Å². The van der Waals surface area contributed by atoms with Gasteiger partial charge in [0, 0.05) is 17.5 Å². The van der Waals surface area contributed by atoms with Gasteiger partial charge in [0.05, 0.1) is 32.3 Å². The maximum atomic E-state index is 13.7. The molecule has 0 radical (unpaired) electrons. The molecule has 2 aromatic carbocycles. The Morgan fingerprint density at radius 2 is 1.91 bits per heavy atom. The Bertz CT molecular complexity index is 1650. The smallest absolute Gasteiger partial charge is 0.272 e. The number of ether oxygens (including phenoxy) is 2. The molecule has 2 aromatic heterocycles. The molecule has 1 aliphatic rings. The largest absolute Gasteiger partial charge is 0.493 e. The van der Waals surface area contributed by atoms with Crippen molar-refractivity contribution >= 4 is 28.6 Å². The van der Waals surface area contributed by atoms with Gasteiger partial charge >= 0.3 is 0 Å². The number of hydrogen-bond donors (Lipinski definition) is 2. The summed E-state index contributed by atoms with van der Waals surface area (Å²) in [7, 11) is 1.55. The van der Waals surface area contributed by atoms with E-state index < -0.39 is 17.9 Å². The van der Waals surface area contributed by atoms with E-state index in [-0.39, 0.29) is 43.8 Å². The molecule has 4 bridgehead atoms. The quantitative estimate of drug-likeness (QED) is 0.370. The number of pyridine rings is 1. The summed E-state index contributed by atoms with van der Waals surface area (Å²) < 4.78 is 17.4. The van der Waals surface area contributed by atoms with E-state index >= 15 is 0 Å². The first-order valence-electron chi connectivity index (χ1n) is 14.2. The van der Waals surface area contributed by atoms with Gasteiger partial charge < -0.3 is 29.4 Å². The number of methoxy groups -OCH3 is 1. The number of aryl methyl sites for hydroxylation is 1. The standard InChI is InChI=1S/C32H35N5O6/c1-19(2)29-30(39)33-17-25-20(3)43-31(35-25)22-11-13-26(41-4)27(16-22)42-15-7-14-37(18-28(38)36-29)32(40)24-12-10-21-8-5-6-9-23(21)34-24/h5-6,8-13,16,19,29H,7,14-15,17-18H2,1-4H3,(H,33,39)(H,36,38)/t29-/m0/s1.